The topological polar surface area (TPSA) is 371 Å². The Labute approximate surface area is 388 Å². The molecule has 2 fully saturated rings. The number of nitrogens with zero attached hydrogens (tertiary/aromatic N) is 12. The number of carbonyl (C=O) groups is 6. The van der Waals surface area contributed by atoms with E-state index in [1.165, 1.54) is 86.8 Å². The van der Waals surface area contributed by atoms with Crippen LogP contribution < -0.4 is 27.5 Å². The van der Waals surface area contributed by atoms with Gasteiger partial charge in [-0.25, -0.2) is 19.3 Å². The number of nitrogens with two attached hydrogens (primary N) is 1. The van der Waals surface area contributed by atoms with Crippen LogP contribution in [-0.4, -0.2) is 164 Å². The number of nitrogen functional groups attached to an aromatic ring is 1. The number of nitrogens with one attached hydrogen (secondary N) is 3. The first-order valence-electron chi connectivity index (χ1n) is 18.2. The molecule has 4 aromatic rings. The summed E-state index contributed by atoms with van der Waals surface area (Å²) in [5, 5.41) is 50.8. The number of carboxylic acids is 2. The molecule has 0 aromatic carbocycles. The summed E-state index contributed by atoms with van der Waals surface area (Å²) in [5.41, 5.74) is 4.62. The third-order valence-electron chi connectivity index (χ3n) is 9.16. The fourth-order valence-electron chi connectivity index (χ4n) is 6.34. The van der Waals surface area contributed by atoms with Gasteiger partial charge in [0.05, 0.1) is 0 Å². The maximum absolute atomic E-state index is 12.9. The monoisotopic (exact) mass is 1010 g/mol. The molecule has 0 radical (unpaired) electrons. The Morgan fingerprint density at radius 3 is 2.12 bits per heavy atom. The molecule has 4 aliphatic rings. The van der Waals surface area contributed by atoms with Crippen LogP contribution in [0, 0.1) is 6.92 Å². The molecule has 0 aliphatic carbocycles. The van der Waals surface area contributed by atoms with E-state index < -0.39 is 69.5 Å². The second-order valence-corrected chi connectivity index (χ2v) is 19.8. The van der Waals surface area contributed by atoms with Crippen molar-refractivity contribution in [1.82, 2.24) is 70.6 Å². The number of hydrogen-bond acceptors (Lipinski definition) is 24. The van der Waals surface area contributed by atoms with Crippen LogP contribution in [0.5, 0.6) is 0 Å². The van der Waals surface area contributed by atoms with Crippen LogP contribution in [0.4, 0.5) is 5.13 Å². The van der Waals surface area contributed by atoms with Crippen molar-refractivity contribution in [2.45, 2.75) is 45.8 Å². The van der Waals surface area contributed by atoms with Gasteiger partial charge in [-0.2, -0.15) is 4.98 Å². The standard InChI is InChI=1S/C18H18N8O7S3.C14H14N8O4S3/c1-25-18(22-12(28)13(29)23-25)36-4-6-3-34-15-9(14(30)26(15)10(6)16(31)32)21-11(27)8(24-33-2)7-5-35-17(19)20-7;1-6-17-18-14(29-6)28-4-7-3-27-12-9(11(24)22(12)10(7)13(25)26)16-8(23)2-21-5-15-19-20-21/h5,9,15H,3-4H2,1-2H3,(H2,19,20)(H,21,27)(H,23,29)(H,31,32);5,9,12H,2-4H2,1H3,(H,16,23)(H,25,26)/b24-8-;/t9-,15-;9-,12-/m11/s1. The van der Waals surface area contributed by atoms with E-state index in [0.717, 1.165) is 37.3 Å². The minimum absolute atomic E-state index is 0.0153. The Hall–Kier alpha value is -6.16. The number of amides is 4. The summed E-state index contributed by atoms with van der Waals surface area (Å²) >= 11 is 7.65. The van der Waals surface area contributed by atoms with E-state index in [2.05, 4.69) is 56.6 Å². The molecule has 8 rings (SSSR count). The first-order chi connectivity index (χ1) is 31.1. The Morgan fingerprint density at radius 1 is 0.954 bits per heavy atom. The van der Waals surface area contributed by atoms with Crippen molar-refractivity contribution in [3.63, 3.8) is 0 Å². The highest BCUT2D eigenvalue weighted by Gasteiger charge is 2.55. The minimum Gasteiger partial charge on any atom is -0.477 e. The van der Waals surface area contributed by atoms with Crippen LogP contribution in [0.15, 0.2) is 58.5 Å². The van der Waals surface area contributed by atoms with E-state index in [9.17, 15) is 48.6 Å². The van der Waals surface area contributed by atoms with E-state index in [0.29, 0.717) is 22.7 Å². The minimum atomic E-state index is -1.31. The van der Waals surface area contributed by atoms with E-state index in [-0.39, 0.29) is 51.1 Å². The van der Waals surface area contributed by atoms with Gasteiger partial charge in [0.15, 0.2) is 20.3 Å². The van der Waals surface area contributed by atoms with Crippen molar-refractivity contribution < 1.29 is 43.8 Å². The number of carboxylic acid groups (broad SMARTS) is 2. The summed E-state index contributed by atoms with van der Waals surface area (Å²) in [6.45, 7) is 1.72. The van der Waals surface area contributed by atoms with Crippen molar-refractivity contribution in [3.05, 3.63) is 65.7 Å². The molecular formula is C32H32N16O11S6. The van der Waals surface area contributed by atoms with Crippen molar-refractivity contribution in [3.8, 4) is 0 Å². The van der Waals surface area contributed by atoms with Gasteiger partial charge in [-0.1, -0.05) is 40.0 Å². The number of fused-ring (bicyclic) bond motifs is 2. The van der Waals surface area contributed by atoms with Crippen LogP contribution in [0.2, 0.25) is 0 Å². The highest BCUT2D eigenvalue weighted by atomic mass is 32.2. The third-order valence-corrected chi connectivity index (χ3v) is 15.7. The maximum Gasteiger partial charge on any atom is 0.352 e. The van der Waals surface area contributed by atoms with Gasteiger partial charge in [0, 0.05) is 35.4 Å². The zero-order chi connectivity index (χ0) is 46.7. The molecule has 4 aliphatic heterocycles. The number of H-pyrrole nitrogens is 1. The van der Waals surface area contributed by atoms with E-state index in [1.54, 1.807) is 0 Å². The predicted octanol–water partition coefficient (Wildman–Crippen LogP) is -2.25. The smallest absolute Gasteiger partial charge is 0.352 e. The Bertz CT molecular complexity index is 2790. The van der Waals surface area contributed by atoms with Gasteiger partial charge in [0.25, 0.3) is 17.7 Å². The number of thioether (sulfide) groups is 4. The van der Waals surface area contributed by atoms with Gasteiger partial charge in [-0.05, 0) is 28.5 Å². The first-order valence-corrected chi connectivity index (χ1v) is 24.0. The highest BCUT2D eigenvalue weighted by molar-refractivity contribution is 8.02. The summed E-state index contributed by atoms with van der Waals surface area (Å²) < 4.78 is 3.23. The quantitative estimate of drug-likeness (QED) is 0.0241. The molecule has 0 bridgehead atoms. The molecule has 65 heavy (non-hydrogen) atoms. The lowest BCUT2D eigenvalue weighted by Gasteiger charge is -2.49. The van der Waals surface area contributed by atoms with Crippen LogP contribution in [0.1, 0.15) is 10.7 Å². The van der Waals surface area contributed by atoms with Gasteiger partial charge in [-0.3, -0.25) is 48.3 Å². The Morgan fingerprint density at radius 2 is 1.58 bits per heavy atom. The number of aliphatic carboxylic acids is 2. The largest absolute Gasteiger partial charge is 0.477 e. The van der Waals surface area contributed by atoms with Crippen LogP contribution in [0.25, 0.3) is 0 Å². The second kappa shape index (κ2) is 19.9. The fourth-order valence-corrected chi connectivity index (χ4v) is 12.6. The number of rotatable bonds is 15. The number of oxime groups is 1. The van der Waals surface area contributed by atoms with Gasteiger partial charge >= 0.3 is 23.1 Å². The van der Waals surface area contributed by atoms with E-state index in [4.69, 9.17) is 10.6 Å². The zero-order valence-electron chi connectivity index (χ0n) is 33.5. The molecule has 4 atom stereocenters. The molecule has 2 saturated heterocycles. The Kier molecular flexibility index (Phi) is 14.4. The predicted molar refractivity (Wildman–Crippen MR) is 233 cm³/mol. The lowest BCUT2D eigenvalue weighted by Crippen LogP contribution is -2.71. The lowest BCUT2D eigenvalue weighted by atomic mass is 10.0. The molecule has 4 aromatic heterocycles. The zero-order valence-corrected chi connectivity index (χ0v) is 38.4. The van der Waals surface area contributed by atoms with Gasteiger partial charge in [0.1, 0.15) is 64.9 Å². The van der Waals surface area contributed by atoms with Crippen molar-refractivity contribution in [2.75, 3.05) is 35.9 Å². The number of hydrogen-bond donors (Lipinski definition) is 6. The molecule has 8 heterocycles. The number of tetrazole rings is 1. The van der Waals surface area contributed by atoms with Crippen molar-refractivity contribution in [1.29, 1.82) is 0 Å². The summed E-state index contributed by atoms with van der Waals surface area (Å²) in [6, 6.07) is -1.77. The molecule has 33 heteroatoms. The molecule has 4 amide bonds. The third kappa shape index (κ3) is 10.1. The van der Waals surface area contributed by atoms with Gasteiger partial charge in [0.2, 0.25) is 5.91 Å². The number of anilines is 1. The van der Waals surface area contributed by atoms with Crippen LogP contribution >= 0.6 is 69.7 Å². The lowest BCUT2D eigenvalue weighted by molar-refractivity contribution is -0.150. The molecule has 342 valence electrons. The summed E-state index contributed by atoms with van der Waals surface area (Å²) in [4.78, 5) is 112. The summed E-state index contributed by atoms with van der Waals surface area (Å²) in [6.07, 6.45) is 1.29. The first kappa shape index (κ1) is 46.8. The highest BCUT2D eigenvalue weighted by Crippen LogP contribution is 2.43. The normalized spacial score (nSPS) is 20.2. The average Bonchev–Trinajstić information content (AvgIpc) is 4.06. The number of aromatic nitrogens is 10. The average molecular weight is 1010 g/mol. The Balaban J connectivity index is 0.000000198. The number of carbonyl (C=O) groups excluding carboxylic acids is 4. The summed E-state index contributed by atoms with van der Waals surface area (Å²) in [5.74, 6) is -3.49. The van der Waals surface area contributed by atoms with E-state index in [1.807, 2.05) is 6.92 Å². The second-order valence-electron chi connectivity index (χ2n) is 13.4. The molecule has 7 N–H and O–H groups in total. The van der Waals surface area contributed by atoms with Gasteiger partial charge < -0.3 is 31.4 Å². The molecule has 27 nitrogen and oxygen atoms in total. The van der Waals surface area contributed by atoms with Crippen molar-refractivity contribution >= 4 is 116 Å². The van der Waals surface area contributed by atoms with Crippen molar-refractivity contribution in [2.24, 2.45) is 12.2 Å². The SMILES string of the molecule is CO/N=C(\C(=O)N[C@@H]1C(=O)N2C(C(=O)O)=C(CSc3nc(=O)c(=O)[nH]n3C)CS[C@H]12)c1csc(N)n1.Cc1nnc(SCC2=C(C(=O)O)N3C(=O)[C@@H](NC(=O)Cn4cnnn4)[C@H]3SC2)s1. The molecular weight excluding hydrogens is 977 g/mol. The van der Waals surface area contributed by atoms with Crippen LogP contribution in [0.3, 0.4) is 0 Å². The number of thiazole rings is 1. The summed E-state index contributed by atoms with van der Waals surface area (Å²) in [7, 11) is 2.74. The van der Waals surface area contributed by atoms with E-state index >= 15 is 0 Å². The maximum atomic E-state index is 12.9. The number of aryl methyl sites for hydroxylation is 2. The molecule has 0 unspecified atom stereocenters. The van der Waals surface area contributed by atoms with Crippen LogP contribution in [-0.2, 0) is 47.2 Å². The number of aromatic amines is 1. The van der Waals surface area contributed by atoms with Gasteiger partial charge in [-0.15, -0.1) is 50.2 Å². The molecule has 0 saturated carbocycles. The fraction of sp³-hybridized carbons (Fsp3) is 0.375. The number of β-lactam (4-membered cyclic amide) rings is 2. The molecule has 0 spiro atoms.